The first kappa shape index (κ1) is 27.6. The SMILES string of the molecule is CCCc1c(OCCCOc2cc(O)c(-c3ccoc3)cc2CC)cccc1Oc1ccccc1C(=O)OC. The molecule has 0 saturated carbocycles. The molecule has 0 radical (unpaired) electrons. The minimum Gasteiger partial charge on any atom is -0.507 e. The summed E-state index contributed by atoms with van der Waals surface area (Å²) in [6.07, 6.45) is 6.26. The summed E-state index contributed by atoms with van der Waals surface area (Å²) in [7, 11) is 1.35. The molecule has 0 fully saturated rings. The van der Waals surface area contributed by atoms with Gasteiger partial charge in [0.05, 0.1) is 32.8 Å². The number of benzene rings is 3. The summed E-state index contributed by atoms with van der Waals surface area (Å²) in [5.74, 6) is 2.17. The number of furan rings is 1. The molecule has 0 bridgehead atoms. The summed E-state index contributed by atoms with van der Waals surface area (Å²) in [5, 5.41) is 10.5. The number of para-hydroxylation sites is 1. The summed E-state index contributed by atoms with van der Waals surface area (Å²) in [4.78, 5) is 12.2. The molecule has 0 atom stereocenters. The molecule has 0 spiro atoms. The number of carbonyl (C=O) groups is 1. The van der Waals surface area contributed by atoms with Gasteiger partial charge in [0.1, 0.15) is 34.3 Å². The Bertz CT molecular complexity index is 1380. The van der Waals surface area contributed by atoms with E-state index in [4.69, 9.17) is 23.4 Å². The van der Waals surface area contributed by atoms with Crippen molar-refractivity contribution < 1.29 is 33.3 Å². The number of rotatable bonds is 13. The van der Waals surface area contributed by atoms with Crippen LogP contribution in [0.25, 0.3) is 11.1 Å². The van der Waals surface area contributed by atoms with Crippen molar-refractivity contribution in [1.29, 1.82) is 0 Å². The molecule has 1 aromatic heterocycles. The second-order valence-corrected chi connectivity index (χ2v) is 8.97. The zero-order valence-corrected chi connectivity index (χ0v) is 22.6. The van der Waals surface area contributed by atoms with Gasteiger partial charge >= 0.3 is 5.97 Å². The molecular weight excluding hydrogens is 496 g/mol. The van der Waals surface area contributed by atoms with Crippen LogP contribution in [0.2, 0.25) is 0 Å². The van der Waals surface area contributed by atoms with Crippen molar-refractivity contribution in [2.24, 2.45) is 0 Å². The van der Waals surface area contributed by atoms with Crippen LogP contribution in [-0.2, 0) is 17.6 Å². The fourth-order valence-electron chi connectivity index (χ4n) is 4.32. The normalized spacial score (nSPS) is 10.7. The molecule has 7 heteroatoms. The fraction of sp³-hybridized carbons (Fsp3) is 0.281. The van der Waals surface area contributed by atoms with Crippen LogP contribution in [0, 0.1) is 0 Å². The topological polar surface area (TPSA) is 87.4 Å². The lowest BCUT2D eigenvalue weighted by atomic mass is 10.0. The number of hydrogen-bond donors (Lipinski definition) is 1. The Morgan fingerprint density at radius 1 is 0.897 bits per heavy atom. The Labute approximate surface area is 228 Å². The number of hydrogen-bond acceptors (Lipinski definition) is 7. The van der Waals surface area contributed by atoms with Crippen LogP contribution in [0.5, 0.6) is 28.7 Å². The number of carbonyl (C=O) groups excluding carboxylic acids is 1. The molecule has 3 aromatic carbocycles. The molecule has 204 valence electrons. The summed E-state index contributed by atoms with van der Waals surface area (Å²) in [6, 6.07) is 18.1. The van der Waals surface area contributed by atoms with Crippen molar-refractivity contribution in [2.45, 2.75) is 39.5 Å². The predicted octanol–water partition coefficient (Wildman–Crippen LogP) is 7.59. The lowest BCUT2D eigenvalue weighted by Crippen LogP contribution is -2.08. The van der Waals surface area contributed by atoms with Crippen LogP contribution in [0.3, 0.4) is 0 Å². The summed E-state index contributed by atoms with van der Waals surface area (Å²) in [6.45, 7) is 5.02. The van der Waals surface area contributed by atoms with Gasteiger partial charge in [0, 0.05) is 29.2 Å². The Kier molecular flexibility index (Phi) is 9.51. The minimum absolute atomic E-state index is 0.148. The van der Waals surface area contributed by atoms with Gasteiger partial charge in [0.2, 0.25) is 0 Å². The molecule has 0 saturated heterocycles. The van der Waals surface area contributed by atoms with Gasteiger partial charge in [0.25, 0.3) is 0 Å². The van der Waals surface area contributed by atoms with Crippen molar-refractivity contribution in [1.82, 2.24) is 0 Å². The maximum atomic E-state index is 12.2. The van der Waals surface area contributed by atoms with Crippen LogP contribution in [-0.4, -0.2) is 31.4 Å². The van der Waals surface area contributed by atoms with Gasteiger partial charge in [-0.05, 0) is 54.8 Å². The number of aryl methyl sites for hydroxylation is 1. The van der Waals surface area contributed by atoms with E-state index in [0.717, 1.165) is 47.3 Å². The Hall–Kier alpha value is -4.39. The van der Waals surface area contributed by atoms with Gasteiger partial charge in [-0.1, -0.05) is 38.5 Å². The number of ether oxygens (including phenoxy) is 4. The summed E-state index contributed by atoms with van der Waals surface area (Å²) >= 11 is 0. The largest absolute Gasteiger partial charge is 0.507 e. The highest BCUT2D eigenvalue weighted by atomic mass is 16.5. The third-order valence-electron chi connectivity index (χ3n) is 6.30. The van der Waals surface area contributed by atoms with Crippen molar-refractivity contribution in [3.63, 3.8) is 0 Å². The van der Waals surface area contributed by atoms with Crippen molar-refractivity contribution >= 4 is 5.97 Å². The van der Waals surface area contributed by atoms with Crippen molar-refractivity contribution in [3.05, 3.63) is 89.9 Å². The Morgan fingerprint density at radius 2 is 1.64 bits per heavy atom. The number of phenols is 1. The second kappa shape index (κ2) is 13.4. The van der Waals surface area contributed by atoms with Crippen LogP contribution in [0.1, 0.15) is 48.2 Å². The monoisotopic (exact) mass is 530 g/mol. The van der Waals surface area contributed by atoms with Crippen LogP contribution >= 0.6 is 0 Å². The zero-order chi connectivity index (χ0) is 27.6. The zero-order valence-electron chi connectivity index (χ0n) is 22.6. The molecule has 7 nitrogen and oxygen atoms in total. The molecule has 0 unspecified atom stereocenters. The Morgan fingerprint density at radius 3 is 2.36 bits per heavy atom. The van der Waals surface area contributed by atoms with Crippen molar-refractivity contribution in [2.75, 3.05) is 20.3 Å². The van der Waals surface area contributed by atoms with E-state index in [0.29, 0.717) is 42.4 Å². The van der Waals surface area contributed by atoms with E-state index in [1.54, 1.807) is 36.8 Å². The van der Waals surface area contributed by atoms with Crippen molar-refractivity contribution in [3.8, 4) is 39.9 Å². The molecule has 1 N–H and O–H groups in total. The molecule has 0 aliphatic heterocycles. The van der Waals surface area contributed by atoms with Crippen LogP contribution < -0.4 is 14.2 Å². The maximum Gasteiger partial charge on any atom is 0.341 e. The number of phenolic OH excluding ortho intramolecular Hbond substituents is 1. The number of aromatic hydroxyl groups is 1. The van der Waals surface area contributed by atoms with Gasteiger partial charge in [0.15, 0.2) is 0 Å². The van der Waals surface area contributed by atoms with Gasteiger partial charge in [-0.2, -0.15) is 0 Å². The molecule has 4 aromatic rings. The average molecular weight is 531 g/mol. The molecule has 0 aliphatic rings. The molecular formula is C32H34O7. The van der Waals surface area contributed by atoms with Gasteiger partial charge < -0.3 is 28.5 Å². The Balaban J connectivity index is 1.40. The van der Waals surface area contributed by atoms with Gasteiger partial charge in [-0.3, -0.25) is 0 Å². The second-order valence-electron chi connectivity index (χ2n) is 8.97. The predicted molar refractivity (Wildman–Crippen MR) is 149 cm³/mol. The quantitative estimate of drug-likeness (QED) is 0.141. The van der Waals surface area contributed by atoms with Crippen LogP contribution in [0.15, 0.2) is 77.6 Å². The highest BCUT2D eigenvalue weighted by Crippen LogP contribution is 2.37. The molecule has 1 heterocycles. The average Bonchev–Trinajstić information content (AvgIpc) is 3.49. The lowest BCUT2D eigenvalue weighted by Gasteiger charge is -2.17. The van der Waals surface area contributed by atoms with E-state index in [1.807, 2.05) is 36.4 Å². The minimum atomic E-state index is -0.453. The van der Waals surface area contributed by atoms with E-state index < -0.39 is 5.97 Å². The molecule has 4 rings (SSSR count). The summed E-state index contributed by atoms with van der Waals surface area (Å²) < 4.78 is 28.4. The van der Waals surface area contributed by atoms with E-state index in [1.165, 1.54) is 7.11 Å². The highest BCUT2D eigenvalue weighted by Gasteiger charge is 2.17. The molecule has 39 heavy (non-hydrogen) atoms. The first-order chi connectivity index (χ1) is 19.0. The number of esters is 1. The fourth-order valence-corrected chi connectivity index (χ4v) is 4.32. The highest BCUT2D eigenvalue weighted by molar-refractivity contribution is 5.92. The van der Waals surface area contributed by atoms with E-state index in [2.05, 4.69) is 13.8 Å². The van der Waals surface area contributed by atoms with E-state index in [-0.39, 0.29) is 5.75 Å². The third kappa shape index (κ3) is 6.74. The number of methoxy groups -OCH3 is 1. The molecule has 0 amide bonds. The van der Waals surface area contributed by atoms with E-state index >= 15 is 0 Å². The summed E-state index contributed by atoms with van der Waals surface area (Å²) in [5.41, 5.74) is 3.85. The van der Waals surface area contributed by atoms with Gasteiger partial charge in [-0.25, -0.2) is 4.79 Å². The van der Waals surface area contributed by atoms with Gasteiger partial charge in [-0.15, -0.1) is 0 Å². The third-order valence-corrected chi connectivity index (χ3v) is 6.30. The smallest absolute Gasteiger partial charge is 0.341 e. The molecule has 0 aliphatic carbocycles. The first-order valence-corrected chi connectivity index (χ1v) is 13.2. The standard InChI is InChI=1S/C32H34O7/c1-4-10-24-28(13-8-14-29(24)39-30-12-7-6-11-25(30)32(34)35-3)37-16-9-17-38-31-20-27(33)26(19-22(31)5-2)23-15-18-36-21-23/h6-8,11-15,18-21,33H,4-5,9-10,16-17H2,1-3H3. The van der Waals surface area contributed by atoms with Crippen LogP contribution in [0.4, 0.5) is 0 Å². The lowest BCUT2D eigenvalue weighted by molar-refractivity contribution is 0.0598. The van der Waals surface area contributed by atoms with E-state index in [9.17, 15) is 9.90 Å². The first-order valence-electron chi connectivity index (χ1n) is 13.2. The maximum absolute atomic E-state index is 12.2.